The summed E-state index contributed by atoms with van der Waals surface area (Å²) in [5.74, 6) is 0.353. The Balaban J connectivity index is 1.87. The van der Waals surface area contributed by atoms with Gasteiger partial charge in [0.2, 0.25) is 10.0 Å². The first-order valence-corrected chi connectivity index (χ1v) is 11.7. The van der Waals surface area contributed by atoms with E-state index in [1.165, 1.54) is 9.37 Å². The van der Waals surface area contributed by atoms with E-state index in [-0.39, 0.29) is 23.0 Å². The van der Waals surface area contributed by atoms with Gasteiger partial charge in [0.05, 0.1) is 5.75 Å². The highest BCUT2D eigenvalue weighted by Gasteiger charge is 2.65. The minimum atomic E-state index is -3.60. The first kappa shape index (κ1) is 21.2. The summed E-state index contributed by atoms with van der Waals surface area (Å²) in [6.07, 6.45) is 3.25. The molecule has 0 aromatic carbocycles. The number of hydrogen-bond acceptors (Lipinski definition) is 5. The van der Waals surface area contributed by atoms with Crippen LogP contribution in [0.25, 0.3) is 0 Å². The van der Waals surface area contributed by atoms with Gasteiger partial charge in [-0.1, -0.05) is 13.8 Å². The van der Waals surface area contributed by atoms with Gasteiger partial charge in [-0.25, -0.2) is 12.7 Å². The van der Waals surface area contributed by atoms with Crippen LogP contribution in [-0.4, -0.2) is 58.7 Å². The van der Waals surface area contributed by atoms with Crippen molar-refractivity contribution in [3.63, 3.8) is 0 Å². The SMILES string of the molecule is CN(C1CC(C)(C)N(O)C(C)(C)C1)S(=O)(=O)C[C@@]12CC[C@@H](CC1=O)C2(C)C. The van der Waals surface area contributed by atoms with Crippen LogP contribution in [0.4, 0.5) is 0 Å². The number of hydroxylamine groups is 2. The molecule has 3 rings (SSSR count). The molecule has 0 aromatic rings. The summed E-state index contributed by atoms with van der Waals surface area (Å²) in [4.78, 5) is 12.8. The number of Topliss-reactive ketones (excluding diaryl/α,β-unsaturated/α-hetero) is 1. The molecule has 0 aromatic heterocycles. The van der Waals surface area contributed by atoms with Gasteiger partial charge < -0.3 is 5.21 Å². The number of fused-ring (bicyclic) bond motifs is 2. The molecule has 156 valence electrons. The Morgan fingerprint density at radius 3 is 2.04 bits per heavy atom. The Morgan fingerprint density at radius 1 is 1.11 bits per heavy atom. The number of rotatable bonds is 4. The topological polar surface area (TPSA) is 77.9 Å². The highest BCUT2D eigenvalue weighted by atomic mass is 32.2. The molecule has 0 amide bonds. The van der Waals surface area contributed by atoms with Crippen LogP contribution in [-0.2, 0) is 14.8 Å². The second-order valence-electron chi connectivity index (χ2n) is 10.9. The van der Waals surface area contributed by atoms with E-state index in [0.29, 0.717) is 31.6 Å². The molecule has 1 heterocycles. The second kappa shape index (κ2) is 6.00. The van der Waals surface area contributed by atoms with Crippen molar-refractivity contribution in [3.05, 3.63) is 0 Å². The molecule has 0 spiro atoms. The van der Waals surface area contributed by atoms with Crippen molar-refractivity contribution in [1.82, 2.24) is 9.37 Å². The Kier molecular flexibility index (Phi) is 4.72. The summed E-state index contributed by atoms with van der Waals surface area (Å²) in [6.45, 7) is 11.9. The molecule has 0 unspecified atom stereocenters. The molecule has 3 fully saturated rings. The molecule has 7 heteroatoms. The molecule has 2 bridgehead atoms. The third kappa shape index (κ3) is 3.00. The molecule has 27 heavy (non-hydrogen) atoms. The summed E-state index contributed by atoms with van der Waals surface area (Å²) in [6, 6.07) is -0.198. The van der Waals surface area contributed by atoms with E-state index in [4.69, 9.17) is 0 Å². The van der Waals surface area contributed by atoms with Gasteiger partial charge in [0.25, 0.3) is 0 Å². The number of ketones is 1. The molecule has 2 aliphatic carbocycles. The number of sulfonamides is 1. The summed E-state index contributed by atoms with van der Waals surface area (Å²) in [7, 11) is -1.95. The van der Waals surface area contributed by atoms with Crippen LogP contribution in [0.15, 0.2) is 0 Å². The summed E-state index contributed by atoms with van der Waals surface area (Å²) < 4.78 is 28.3. The predicted molar refractivity (Wildman–Crippen MR) is 105 cm³/mol. The maximum Gasteiger partial charge on any atom is 0.215 e. The maximum absolute atomic E-state index is 13.4. The van der Waals surface area contributed by atoms with E-state index in [2.05, 4.69) is 13.8 Å². The second-order valence-corrected chi connectivity index (χ2v) is 13.0. The zero-order chi connectivity index (χ0) is 20.6. The number of nitrogens with zero attached hydrogens (tertiary/aromatic N) is 2. The van der Waals surface area contributed by atoms with Crippen molar-refractivity contribution in [2.75, 3.05) is 12.8 Å². The lowest BCUT2D eigenvalue weighted by molar-refractivity contribution is -0.249. The molecule has 1 aliphatic heterocycles. The smallest absolute Gasteiger partial charge is 0.215 e. The third-order valence-corrected chi connectivity index (χ3v) is 10.2. The largest absolute Gasteiger partial charge is 0.313 e. The van der Waals surface area contributed by atoms with Crippen molar-refractivity contribution in [3.8, 4) is 0 Å². The molecule has 2 saturated carbocycles. The number of piperidine rings is 1. The van der Waals surface area contributed by atoms with Crippen LogP contribution < -0.4 is 0 Å². The van der Waals surface area contributed by atoms with Crippen molar-refractivity contribution in [2.45, 2.75) is 90.8 Å². The minimum absolute atomic E-state index is 0.0843. The van der Waals surface area contributed by atoms with Gasteiger partial charge in [-0.2, -0.15) is 5.06 Å². The van der Waals surface area contributed by atoms with E-state index < -0.39 is 26.5 Å². The molecule has 1 saturated heterocycles. The lowest BCUT2D eigenvalue weighted by atomic mass is 9.70. The highest BCUT2D eigenvalue weighted by Crippen LogP contribution is 2.64. The fourth-order valence-corrected chi connectivity index (χ4v) is 8.33. The highest BCUT2D eigenvalue weighted by molar-refractivity contribution is 7.89. The molecule has 0 radical (unpaired) electrons. The average Bonchev–Trinajstić information content (AvgIpc) is 2.85. The monoisotopic (exact) mass is 400 g/mol. The van der Waals surface area contributed by atoms with Crippen LogP contribution in [0, 0.1) is 16.7 Å². The number of hydrogen-bond donors (Lipinski definition) is 1. The number of carbonyl (C=O) groups excluding carboxylic acids is 1. The van der Waals surface area contributed by atoms with Gasteiger partial charge in [0, 0.05) is 36.0 Å². The Hall–Kier alpha value is -0.500. The third-order valence-electron chi connectivity index (χ3n) is 8.14. The van der Waals surface area contributed by atoms with Gasteiger partial charge in [0.1, 0.15) is 5.78 Å². The molecular formula is C20H36N2O4S. The zero-order valence-corrected chi connectivity index (χ0v) is 18.7. The average molecular weight is 401 g/mol. The van der Waals surface area contributed by atoms with E-state index in [9.17, 15) is 18.4 Å². The number of carbonyl (C=O) groups is 1. The standard InChI is InChI=1S/C20H36N2O4S/c1-17(2)11-15(12-18(3,4)22(17)24)21(7)27(25,26)13-20-9-8-14(10-16(20)23)19(20,5)6/h14-15,24H,8-13H2,1-7H3/t14-,20-/m0/s1. The van der Waals surface area contributed by atoms with Crippen LogP contribution >= 0.6 is 0 Å². The van der Waals surface area contributed by atoms with E-state index in [1.54, 1.807) is 7.05 Å². The molecule has 1 N–H and O–H groups in total. The Labute approximate surface area is 164 Å². The Morgan fingerprint density at radius 2 is 1.63 bits per heavy atom. The lowest BCUT2D eigenvalue weighted by Crippen LogP contribution is -2.63. The van der Waals surface area contributed by atoms with Gasteiger partial charge in [0.15, 0.2) is 0 Å². The van der Waals surface area contributed by atoms with Crippen molar-refractivity contribution < 1.29 is 18.4 Å². The van der Waals surface area contributed by atoms with E-state index in [1.807, 2.05) is 27.7 Å². The molecule has 2 atom stereocenters. The molecule has 6 nitrogen and oxygen atoms in total. The van der Waals surface area contributed by atoms with Gasteiger partial charge >= 0.3 is 0 Å². The van der Waals surface area contributed by atoms with Gasteiger partial charge in [-0.3, -0.25) is 4.79 Å². The Bertz CT molecular complexity index is 725. The zero-order valence-electron chi connectivity index (χ0n) is 17.9. The minimum Gasteiger partial charge on any atom is -0.313 e. The first-order chi connectivity index (χ1) is 12.1. The van der Waals surface area contributed by atoms with Gasteiger partial charge in [-0.15, -0.1) is 0 Å². The predicted octanol–water partition coefficient (Wildman–Crippen LogP) is 3.05. The summed E-state index contributed by atoms with van der Waals surface area (Å²) in [5.41, 5.74) is -2.04. The normalized spacial score (nSPS) is 35.9. The van der Waals surface area contributed by atoms with Crippen molar-refractivity contribution in [1.29, 1.82) is 0 Å². The van der Waals surface area contributed by atoms with E-state index in [0.717, 1.165) is 6.42 Å². The fraction of sp³-hybridized carbons (Fsp3) is 0.950. The molecular weight excluding hydrogens is 364 g/mol. The van der Waals surface area contributed by atoms with Crippen LogP contribution in [0.5, 0.6) is 0 Å². The maximum atomic E-state index is 13.4. The fourth-order valence-electron chi connectivity index (χ4n) is 6.22. The lowest BCUT2D eigenvalue weighted by Gasteiger charge is -2.53. The quantitative estimate of drug-likeness (QED) is 0.785. The van der Waals surface area contributed by atoms with Crippen LogP contribution in [0.1, 0.15) is 73.6 Å². The van der Waals surface area contributed by atoms with Gasteiger partial charge in [-0.05, 0) is 64.7 Å². The molecule has 3 aliphatic rings. The first-order valence-electron chi connectivity index (χ1n) is 10.1. The van der Waals surface area contributed by atoms with Crippen LogP contribution in [0.2, 0.25) is 0 Å². The summed E-state index contributed by atoms with van der Waals surface area (Å²) >= 11 is 0. The van der Waals surface area contributed by atoms with Crippen molar-refractivity contribution in [2.24, 2.45) is 16.7 Å². The van der Waals surface area contributed by atoms with Crippen molar-refractivity contribution >= 4 is 15.8 Å². The summed E-state index contributed by atoms with van der Waals surface area (Å²) in [5, 5.41) is 11.9. The van der Waals surface area contributed by atoms with E-state index >= 15 is 0 Å². The van der Waals surface area contributed by atoms with Crippen LogP contribution in [0.3, 0.4) is 0 Å².